The van der Waals surface area contributed by atoms with E-state index in [0.29, 0.717) is 55.6 Å². The summed E-state index contributed by atoms with van der Waals surface area (Å²) in [6.45, 7) is 5.26. The molecule has 2 aromatic carbocycles. The summed E-state index contributed by atoms with van der Waals surface area (Å²) in [7, 11) is 0. The molecule has 0 radical (unpaired) electrons. The molecule has 0 atom stereocenters. The van der Waals surface area contributed by atoms with Gasteiger partial charge in [0.05, 0.1) is 22.8 Å². The highest BCUT2D eigenvalue weighted by molar-refractivity contribution is 7.15. The highest BCUT2D eigenvalue weighted by atomic mass is 35.5. The number of halogens is 2. The van der Waals surface area contributed by atoms with Crippen LogP contribution >= 0.6 is 34.5 Å². The molecule has 9 heteroatoms. The molecule has 4 aromatic rings. The molecule has 6 nitrogen and oxygen atoms in total. The number of benzene rings is 2. The van der Waals surface area contributed by atoms with Crippen LogP contribution in [0, 0.1) is 0 Å². The maximum atomic E-state index is 12.9. The lowest BCUT2D eigenvalue weighted by atomic mass is 10.2. The van der Waals surface area contributed by atoms with E-state index < -0.39 is 0 Å². The molecule has 0 N–H and O–H groups in total. The van der Waals surface area contributed by atoms with Crippen LogP contribution < -0.4 is 19.6 Å². The Morgan fingerprint density at radius 2 is 1.91 bits per heavy atom. The van der Waals surface area contributed by atoms with Gasteiger partial charge in [-0.15, -0.1) is 5.10 Å². The fourth-order valence-corrected chi connectivity index (χ4v) is 4.71. The normalized spacial score (nSPS) is 11.9. The van der Waals surface area contributed by atoms with Crippen LogP contribution in [0.15, 0.2) is 41.2 Å². The van der Waals surface area contributed by atoms with Crippen LogP contribution in [0.2, 0.25) is 10.0 Å². The number of rotatable bonds is 9. The summed E-state index contributed by atoms with van der Waals surface area (Å²) in [5.41, 5.74) is 1.22. The maximum absolute atomic E-state index is 12.9. The lowest BCUT2D eigenvalue weighted by molar-refractivity contribution is 0.271. The molecule has 2 heterocycles. The Kier molecular flexibility index (Phi) is 7.53. The highest BCUT2D eigenvalue weighted by Crippen LogP contribution is 2.30. The van der Waals surface area contributed by atoms with Crippen molar-refractivity contribution in [3.63, 3.8) is 0 Å². The van der Waals surface area contributed by atoms with E-state index in [0.717, 1.165) is 24.8 Å². The van der Waals surface area contributed by atoms with E-state index in [2.05, 4.69) is 17.0 Å². The molecule has 0 amide bonds. The minimum Gasteiger partial charge on any atom is -0.490 e. The van der Waals surface area contributed by atoms with Crippen LogP contribution in [-0.4, -0.2) is 27.8 Å². The maximum Gasteiger partial charge on any atom is 0.291 e. The lowest BCUT2D eigenvalue weighted by Gasteiger charge is -2.12. The fourth-order valence-electron chi connectivity index (χ4n) is 3.31. The van der Waals surface area contributed by atoms with E-state index in [1.54, 1.807) is 18.2 Å². The molecule has 0 aliphatic heterocycles. The summed E-state index contributed by atoms with van der Waals surface area (Å²) in [5.74, 6) is 1.75. The first-order chi connectivity index (χ1) is 16.0. The van der Waals surface area contributed by atoms with Gasteiger partial charge in [-0.3, -0.25) is 4.79 Å². The average molecular weight is 504 g/mol. The van der Waals surface area contributed by atoms with Gasteiger partial charge in [-0.1, -0.05) is 60.4 Å². The number of hydrogen-bond acceptors (Lipinski definition) is 6. The molecule has 0 bridgehead atoms. The van der Waals surface area contributed by atoms with Gasteiger partial charge in [0.25, 0.3) is 5.56 Å². The van der Waals surface area contributed by atoms with Crippen LogP contribution in [0.1, 0.15) is 38.7 Å². The SMILES string of the molecule is CCCCCOc1ccc(C=c2sc3nc(-c4ccc(Cl)cc4Cl)nn3c2=O)cc1OCC. The first kappa shape index (κ1) is 23.5. The van der Waals surface area contributed by atoms with E-state index in [9.17, 15) is 4.79 Å². The molecular weight excluding hydrogens is 481 g/mol. The average Bonchev–Trinajstić information content (AvgIpc) is 3.32. The van der Waals surface area contributed by atoms with E-state index in [-0.39, 0.29) is 5.56 Å². The largest absolute Gasteiger partial charge is 0.490 e. The summed E-state index contributed by atoms with van der Waals surface area (Å²) in [5, 5.41) is 5.31. The molecule has 172 valence electrons. The predicted molar refractivity (Wildman–Crippen MR) is 134 cm³/mol. The number of fused-ring (bicyclic) bond motifs is 1. The van der Waals surface area contributed by atoms with E-state index in [4.69, 9.17) is 32.7 Å². The summed E-state index contributed by atoms with van der Waals surface area (Å²) in [6.07, 6.45) is 5.07. The highest BCUT2D eigenvalue weighted by Gasteiger charge is 2.15. The van der Waals surface area contributed by atoms with Crippen LogP contribution in [0.25, 0.3) is 22.4 Å². The van der Waals surface area contributed by atoms with Crippen molar-refractivity contribution in [2.45, 2.75) is 33.1 Å². The number of unbranched alkanes of at least 4 members (excludes halogenated alkanes) is 2. The van der Waals surface area contributed by atoms with Crippen molar-refractivity contribution in [3.05, 3.63) is 66.9 Å². The third-order valence-electron chi connectivity index (χ3n) is 4.92. The van der Waals surface area contributed by atoms with Crippen molar-refractivity contribution in [2.24, 2.45) is 0 Å². The Balaban J connectivity index is 1.64. The van der Waals surface area contributed by atoms with Crippen molar-refractivity contribution in [1.82, 2.24) is 14.6 Å². The van der Waals surface area contributed by atoms with Crippen molar-refractivity contribution < 1.29 is 9.47 Å². The van der Waals surface area contributed by atoms with Gasteiger partial charge < -0.3 is 9.47 Å². The number of ether oxygens (including phenoxy) is 2. The Morgan fingerprint density at radius 3 is 2.64 bits per heavy atom. The van der Waals surface area contributed by atoms with Crippen molar-refractivity contribution >= 4 is 45.6 Å². The molecule has 0 spiro atoms. The zero-order valence-electron chi connectivity index (χ0n) is 18.3. The number of nitrogens with zero attached hydrogens (tertiary/aromatic N) is 3. The monoisotopic (exact) mass is 503 g/mol. The lowest BCUT2D eigenvalue weighted by Crippen LogP contribution is -2.23. The zero-order valence-corrected chi connectivity index (χ0v) is 20.6. The van der Waals surface area contributed by atoms with Gasteiger partial charge in [-0.05, 0) is 55.3 Å². The second-order valence-electron chi connectivity index (χ2n) is 7.36. The molecule has 2 aromatic heterocycles. The number of hydrogen-bond donors (Lipinski definition) is 0. The predicted octanol–water partition coefficient (Wildman–Crippen LogP) is 5.64. The molecule has 0 saturated heterocycles. The van der Waals surface area contributed by atoms with Crippen LogP contribution in [0.5, 0.6) is 11.5 Å². The molecule has 0 saturated carbocycles. The van der Waals surface area contributed by atoms with Gasteiger partial charge >= 0.3 is 0 Å². The first-order valence-electron chi connectivity index (χ1n) is 10.8. The molecule has 0 fully saturated rings. The van der Waals surface area contributed by atoms with Crippen molar-refractivity contribution in [3.8, 4) is 22.9 Å². The van der Waals surface area contributed by atoms with Crippen LogP contribution in [0.3, 0.4) is 0 Å². The summed E-state index contributed by atoms with van der Waals surface area (Å²) in [4.78, 5) is 17.9. The minimum absolute atomic E-state index is 0.239. The summed E-state index contributed by atoms with van der Waals surface area (Å²) in [6, 6.07) is 10.7. The Morgan fingerprint density at radius 1 is 1.06 bits per heavy atom. The van der Waals surface area contributed by atoms with Crippen LogP contribution in [0.4, 0.5) is 0 Å². The second-order valence-corrected chi connectivity index (χ2v) is 9.22. The molecule has 0 unspecified atom stereocenters. The minimum atomic E-state index is -0.239. The van der Waals surface area contributed by atoms with Crippen LogP contribution in [-0.2, 0) is 0 Å². The molecule has 33 heavy (non-hydrogen) atoms. The molecular formula is C24H23Cl2N3O3S. The van der Waals surface area contributed by atoms with Gasteiger partial charge in [0.2, 0.25) is 4.96 Å². The fraction of sp³-hybridized carbons (Fsp3) is 0.292. The van der Waals surface area contributed by atoms with Gasteiger partial charge in [-0.2, -0.15) is 9.50 Å². The molecule has 0 aliphatic carbocycles. The van der Waals surface area contributed by atoms with E-state index in [1.165, 1.54) is 15.9 Å². The first-order valence-corrected chi connectivity index (χ1v) is 12.3. The number of aromatic nitrogens is 3. The smallest absolute Gasteiger partial charge is 0.291 e. The molecule has 4 rings (SSSR count). The van der Waals surface area contributed by atoms with Gasteiger partial charge in [0.1, 0.15) is 0 Å². The second kappa shape index (κ2) is 10.5. The Bertz CT molecular complexity index is 1380. The zero-order chi connectivity index (χ0) is 23.4. The molecule has 0 aliphatic rings. The topological polar surface area (TPSA) is 65.7 Å². The summed E-state index contributed by atoms with van der Waals surface area (Å²) >= 11 is 13.5. The standard InChI is InChI=1S/C24H23Cl2N3O3S/c1-3-5-6-11-32-19-10-7-15(12-20(19)31-4-2)13-21-23(30)29-24(33-21)27-22(28-29)17-9-8-16(25)14-18(17)26/h7-10,12-14H,3-6,11H2,1-2H3. The Labute approximate surface area is 205 Å². The van der Waals surface area contributed by atoms with Gasteiger partial charge in [0, 0.05) is 10.6 Å². The van der Waals surface area contributed by atoms with Crippen molar-refractivity contribution in [1.29, 1.82) is 0 Å². The third-order valence-corrected chi connectivity index (χ3v) is 6.43. The third kappa shape index (κ3) is 5.32. The van der Waals surface area contributed by atoms with E-state index in [1.807, 2.05) is 31.2 Å². The number of thiazole rings is 1. The van der Waals surface area contributed by atoms with Crippen molar-refractivity contribution in [2.75, 3.05) is 13.2 Å². The van der Waals surface area contributed by atoms with E-state index >= 15 is 0 Å². The quantitative estimate of drug-likeness (QED) is 0.276. The van der Waals surface area contributed by atoms with Gasteiger partial charge in [-0.25, -0.2) is 0 Å². The summed E-state index contributed by atoms with van der Waals surface area (Å²) < 4.78 is 13.5. The van der Waals surface area contributed by atoms with Gasteiger partial charge in [0.15, 0.2) is 17.3 Å². The Hall–Kier alpha value is -2.61.